The third-order valence-corrected chi connectivity index (χ3v) is 5.01. The van der Waals surface area contributed by atoms with Crippen LogP contribution < -0.4 is 10.6 Å². The second-order valence-electron chi connectivity index (χ2n) is 6.14. The Morgan fingerprint density at radius 3 is 2.63 bits per heavy atom. The van der Waals surface area contributed by atoms with Crippen molar-refractivity contribution in [2.45, 2.75) is 40.5 Å². The van der Waals surface area contributed by atoms with Crippen molar-refractivity contribution in [3.8, 4) is 0 Å². The highest BCUT2D eigenvalue weighted by Gasteiger charge is 2.03. The molecule has 0 atom stereocenters. The molecule has 0 aliphatic carbocycles. The van der Waals surface area contributed by atoms with Gasteiger partial charge in [0.2, 0.25) is 0 Å². The van der Waals surface area contributed by atoms with Crippen LogP contribution in [0.3, 0.4) is 0 Å². The third kappa shape index (κ3) is 8.12. The molecular formula is C21H31N3O2S. The van der Waals surface area contributed by atoms with Crippen LogP contribution in [0, 0.1) is 6.92 Å². The number of ether oxygens (including phenoxy) is 2. The summed E-state index contributed by atoms with van der Waals surface area (Å²) < 4.78 is 10.9. The molecule has 0 radical (unpaired) electrons. The Morgan fingerprint density at radius 1 is 1.07 bits per heavy atom. The molecule has 1 heterocycles. The van der Waals surface area contributed by atoms with Crippen LogP contribution in [-0.2, 0) is 29.2 Å². The predicted molar refractivity (Wildman–Crippen MR) is 113 cm³/mol. The molecule has 1 aromatic heterocycles. The number of thiophene rings is 1. The van der Waals surface area contributed by atoms with Crippen LogP contribution in [0.1, 0.15) is 35.4 Å². The quantitative estimate of drug-likeness (QED) is 0.348. The molecule has 2 N–H and O–H groups in total. The monoisotopic (exact) mass is 389 g/mol. The fraction of sp³-hybridized carbons (Fsp3) is 0.476. The van der Waals surface area contributed by atoms with Gasteiger partial charge in [0.1, 0.15) is 0 Å². The van der Waals surface area contributed by atoms with Gasteiger partial charge in [0.15, 0.2) is 5.96 Å². The van der Waals surface area contributed by atoms with E-state index in [9.17, 15) is 0 Å². The Labute approximate surface area is 166 Å². The van der Waals surface area contributed by atoms with Gasteiger partial charge < -0.3 is 20.1 Å². The minimum Gasteiger partial charge on any atom is -0.379 e. The van der Waals surface area contributed by atoms with Crippen molar-refractivity contribution in [3.63, 3.8) is 0 Å². The van der Waals surface area contributed by atoms with Crippen LogP contribution in [-0.4, -0.2) is 32.3 Å². The highest BCUT2D eigenvalue weighted by atomic mass is 32.1. The average molecular weight is 390 g/mol. The molecule has 2 aromatic rings. The van der Waals surface area contributed by atoms with E-state index >= 15 is 0 Å². The average Bonchev–Trinajstić information content (AvgIpc) is 3.09. The third-order valence-electron chi connectivity index (χ3n) is 3.98. The molecule has 5 nitrogen and oxygen atoms in total. The molecule has 0 fully saturated rings. The van der Waals surface area contributed by atoms with E-state index in [4.69, 9.17) is 14.5 Å². The molecule has 0 saturated heterocycles. The van der Waals surface area contributed by atoms with Gasteiger partial charge >= 0.3 is 0 Å². The summed E-state index contributed by atoms with van der Waals surface area (Å²) in [5.74, 6) is 0.837. The number of nitrogens with zero attached hydrogens (tertiary/aromatic N) is 1. The maximum Gasteiger partial charge on any atom is 0.191 e. The van der Waals surface area contributed by atoms with Crippen molar-refractivity contribution in [2.24, 2.45) is 4.99 Å². The van der Waals surface area contributed by atoms with Crippen LogP contribution in [0.5, 0.6) is 0 Å². The van der Waals surface area contributed by atoms with E-state index in [1.165, 1.54) is 16.0 Å². The summed E-state index contributed by atoms with van der Waals surface area (Å²) in [6, 6.07) is 10.5. The molecule has 0 bridgehead atoms. The van der Waals surface area contributed by atoms with E-state index in [0.29, 0.717) is 26.4 Å². The molecule has 0 aliphatic heterocycles. The summed E-state index contributed by atoms with van der Waals surface area (Å²) in [7, 11) is 0. The number of benzene rings is 1. The summed E-state index contributed by atoms with van der Waals surface area (Å²) in [6.45, 7) is 11.0. The van der Waals surface area contributed by atoms with Crippen LogP contribution in [0.25, 0.3) is 0 Å². The Morgan fingerprint density at radius 2 is 1.89 bits per heavy atom. The number of nitrogens with one attached hydrogen (secondary N) is 2. The predicted octanol–water partition coefficient (Wildman–Crippen LogP) is 3.86. The molecule has 2 rings (SSSR count). The normalized spacial score (nSPS) is 11.6. The lowest BCUT2D eigenvalue weighted by Crippen LogP contribution is -2.36. The molecule has 1 aromatic carbocycles. The second kappa shape index (κ2) is 12.5. The first-order valence-electron chi connectivity index (χ1n) is 9.51. The molecular weight excluding hydrogens is 358 g/mol. The van der Waals surface area contributed by atoms with E-state index in [1.54, 1.807) is 11.3 Å². The summed E-state index contributed by atoms with van der Waals surface area (Å²) in [5, 5.41) is 8.84. The van der Waals surface area contributed by atoms with Crippen molar-refractivity contribution in [1.82, 2.24) is 10.6 Å². The van der Waals surface area contributed by atoms with Crippen molar-refractivity contribution in [3.05, 3.63) is 57.3 Å². The molecule has 0 amide bonds. The number of hydrogen-bond donors (Lipinski definition) is 2. The molecule has 0 spiro atoms. The highest BCUT2D eigenvalue weighted by molar-refractivity contribution is 7.10. The molecule has 27 heavy (non-hydrogen) atoms. The Balaban J connectivity index is 1.86. The van der Waals surface area contributed by atoms with Gasteiger partial charge in [-0.25, -0.2) is 4.99 Å². The summed E-state index contributed by atoms with van der Waals surface area (Å²) >= 11 is 1.77. The number of guanidine groups is 1. The van der Waals surface area contributed by atoms with Crippen molar-refractivity contribution >= 4 is 17.3 Å². The van der Waals surface area contributed by atoms with E-state index in [2.05, 4.69) is 60.2 Å². The molecule has 148 valence electrons. The zero-order valence-corrected chi connectivity index (χ0v) is 17.4. The zero-order chi connectivity index (χ0) is 19.3. The van der Waals surface area contributed by atoms with E-state index in [1.807, 2.05) is 6.92 Å². The van der Waals surface area contributed by atoms with Gasteiger partial charge in [-0.2, -0.15) is 0 Å². The van der Waals surface area contributed by atoms with Gasteiger partial charge in [-0.3, -0.25) is 0 Å². The van der Waals surface area contributed by atoms with Crippen molar-refractivity contribution in [2.75, 3.05) is 26.4 Å². The van der Waals surface area contributed by atoms with Gasteiger partial charge in [0.05, 0.1) is 32.9 Å². The Kier molecular flexibility index (Phi) is 9.90. The van der Waals surface area contributed by atoms with E-state index in [-0.39, 0.29) is 0 Å². The van der Waals surface area contributed by atoms with Crippen molar-refractivity contribution in [1.29, 1.82) is 0 Å². The zero-order valence-electron chi connectivity index (χ0n) is 16.6. The van der Waals surface area contributed by atoms with E-state index in [0.717, 1.165) is 31.2 Å². The lowest BCUT2D eigenvalue weighted by atomic mass is 10.1. The summed E-state index contributed by atoms with van der Waals surface area (Å²) in [6.07, 6.45) is 0. The van der Waals surface area contributed by atoms with Crippen LogP contribution in [0.4, 0.5) is 0 Å². The lowest BCUT2D eigenvalue weighted by molar-refractivity contribution is 0.0453. The molecule has 6 heteroatoms. The first kappa shape index (κ1) is 21.4. The van der Waals surface area contributed by atoms with Gasteiger partial charge in [-0.1, -0.05) is 24.3 Å². The fourth-order valence-corrected chi connectivity index (χ4v) is 3.38. The fourth-order valence-electron chi connectivity index (χ4n) is 2.53. The minimum atomic E-state index is 0.598. The van der Waals surface area contributed by atoms with Crippen molar-refractivity contribution < 1.29 is 9.47 Å². The van der Waals surface area contributed by atoms with Gasteiger partial charge in [0.25, 0.3) is 0 Å². The number of aryl methyl sites for hydroxylation is 1. The van der Waals surface area contributed by atoms with Gasteiger partial charge in [0, 0.05) is 18.0 Å². The topological polar surface area (TPSA) is 54.9 Å². The number of aliphatic imine (C=N–C) groups is 1. The van der Waals surface area contributed by atoms with Gasteiger partial charge in [-0.15, -0.1) is 11.3 Å². The van der Waals surface area contributed by atoms with Crippen LogP contribution >= 0.6 is 11.3 Å². The number of hydrogen-bond acceptors (Lipinski definition) is 4. The maximum atomic E-state index is 5.65. The first-order chi connectivity index (χ1) is 13.2. The maximum absolute atomic E-state index is 5.65. The summed E-state index contributed by atoms with van der Waals surface area (Å²) in [5.41, 5.74) is 3.65. The van der Waals surface area contributed by atoms with Crippen LogP contribution in [0.2, 0.25) is 0 Å². The van der Waals surface area contributed by atoms with Crippen LogP contribution in [0.15, 0.2) is 40.7 Å². The second-order valence-corrected chi connectivity index (χ2v) is 7.15. The Bertz CT molecular complexity index is 700. The van der Waals surface area contributed by atoms with Gasteiger partial charge in [-0.05, 0) is 48.9 Å². The molecule has 0 aliphatic rings. The summed E-state index contributed by atoms with van der Waals surface area (Å²) in [4.78, 5) is 6.05. The minimum absolute atomic E-state index is 0.598. The standard InChI is InChI=1S/C21H31N3O2S/c1-4-22-21(24-15-20-17(3)9-12-27-20)23-14-18-7-6-8-19(13-18)16-26-11-10-25-5-2/h6-9,12-13H,4-5,10-11,14-16H2,1-3H3,(H2,22,23,24). The number of rotatable bonds is 11. The molecule has 0 unspecified atom stereocenters. The Hall–Kier alpha value is -1.89. The SMILES string of the molecule is CCNC(=NCc1cccc(COCCOCC)c1)NCc1sccc1C. The molecule has 0 saturated carbocycles. The first-order valence-corrected chi connectivity index (χ1v) is 10.4. The largest absolute Gasteiger partial charge is 0.379 e. The highest BCUT2D eigenvalue weighted by Crippen LogP contribution is 2.14. The smallest absolute Gasteiger partial charge is 0.191 e. The lowest BCUT2D eigenvalue weighted by Gasteiger charge is -2.11. The van der Waals surface area contributed by atoms with E-state index < -0.39 is 0 Å².